The predicted molar refractivity (Wildman–Crippen MR) is 264 cm³/mol. The van der Waals surface area contributed by atoms with Gasteiger partial charge in [0, 0.05) is 65.9 Å². The van der Waals surface area contributed by atoms with Crippen LogP contribution in [0.15, 0.2) is 60.7 Å². The van der Waals surface area contributed by atoms with Crippen LogP contribution >= 0.6 is 0 Å². The van der Waals surface area contributed by atoms with Crippen LogP contribution in [-0.2, 0) is 42.9 Å². The minimum atomic E-state index is -4.21. The fourth-order valence-electron chi connectivity index (χ4n) is 8.96. The fraction of sp³-hybridized carbons (Fsp3) is 0.447. The Kier molecular flexibility index (Phi) is 15.3. The Hall–Kier alpha value is -6.07. The summed E-state index contributed by atoms with van der Waals surface area (Å²) in [7, 11) is -11.9. The van der Waals surface area contributed by atoms with Crippen molar-refractivity contribution in [1.29, 1.82) is 0 Å². The quantitative estimate of drug-likeness (QED) is 0.137. The monoisotopic (exact) mass is 1020 g/mol. The summed E-state index contributed by atoms with van der Waals surface area (Å²) in [5, 5.41) is 8.98. The van der Waals surface area contributed by atoms with Gasteiger partial charge in [-0.15, -0.1) is 0 Å². The second-order valence-corrected chi connectivity index (χ2v) is 23.6. The molecule has 376 valence electrons. The van der Waals surface area contributed by atoms with Gasteiger partial charge in [-0.25, -0.2) is 53.0 Å². The number of likely N-dealkylation sites (tertiary alicyclic amines) is 2. The summed E-state index contributed by atoms with van der Waals surface area (Å²) in [5.41, 5.74) is 3.64. The number of aryl methyl sites for hydroxylation is 2. The number of halogens is 2. The highest BCUT2D eigenvalue weighted by molar-refractivity contribution is 8.09. The highest BCUT2D eigenvalue weighted by Gasteiger charge is 2.30. The van der Waals surface area contributed by atoms with Crippen molar-refractivity contribution in [2.45, 2.75) is 104 Å². The first-order valence-corrected chi connectivity index (χ1v) is 28.8. The van der Waals surface area contributed by atoms with E-state index >= 15 is 4.39 Å². The number of amides is 2. The smallest absolute Gasteiger partial charge is 0.272 e. The number of sulfonamides is 3. The summed E-state index contributed by atoms with van der Waals surface area (Å²) in [6.45, 7) is 9.39. The average Bonchev–Trinajstić information content (AvgIpc) is 3.76. The lowest BCUT2D eigenvalue weighted by atomic mass is 10.1. The number of nitrogens with zero attached hydrogens (tertiary/aromatic N) is 9. The molecular weight excluding hydrogens is 967 g/mol. The van der Waals surface area contributed by atoms with E-state index in [1.807, 2.05) is 30.6 Å². The molecule has 70 heavy (non-hydrogen) atoms. The fourth-order valence-corrected chi connectivity index (χ4v) is 12.5. The van der Waals surface area contributed by atoms with Crippen molar-refractivity contribution in [2.24, 2.45) is 0 Å². The Bertz CT molecular complexity index is 3280. The number of hydrogen-bond donors (Lipinski definition) is 1. The molecule has 2 aliphatic heterocycles. The van der Waals surface area contributed by atoms with Gasteiger partial charge in [0.25, 0.3) is 11.8 Å². The van der Waals surface area contributed by atoms with Crippen LogP contribution in [0.2, 0.25) is 0 Å². The second kappa shape index (κ2) is 20.7. The molecule has 0 bridgehead atoms. The highest BCUT2D eigenvalue weighted by atomic mass is 32.3. The van der Waals surface area contributed by atoms with Gasteiger partial charge in [0.05, 0.1) is 41.5 Å². The van der Waals surface area contributed by atoms with Crippen LogP contribution in [0.5, 0.6) is 0 Å². The zero-order chi connectivity index (χ0) is 50.9. The highest BCUT2D eigenvalue weighted by Crippen LogP contribution is 2.31. The lowest BCUT2D eigenvalue weighted by Crippen LogP contribution is -2.38. The number of carbonyl (C=O) groups is 2. The van der Waals surface area contributed by atoms with Crippen molar-refractivity contribution in [3.8, 4) is 22.5 Å². The molecule has 1 N–H and O–H groups in total. The molecule has 2 unspecified atom stereocenters. The van der Waals surface area contributed by atoms with Gasteiger partial charge in [0.2, 0.25) is 30.1 Å². The van der Waals surface area contributed by atoms with Gasteiger partial charge in [-0.1, -0.05) is 39.5 Å². The largest absolute Gasteiger partial charge is 0.335 e. The Labute approximate surface area is 407 Å². The molecule has 2 fully saturated rings. The molecule has 0 aliphatic carbocycles. The van der Waals surface area contributed by atoms with Gasteiger partial charge in [-0.05, 0) is 94.8 Å². The number of fused-ring (bicyclic) bond motifs is 2. The predicted octanol–water partition coefficient (Wildman–Crippen LogP) is 7.10. The van der Waals surface area contributed by atoms with Gasteiger partial charge in [0.1, 0.15) is 23.0 Å². The third-order valence-corrected chi connectivity index (χ3v) is 16.2. The van der Waals surface area contributed by atoms with Crippen LogP contribution < -0.4 is 8.43 Å². The van der Waals surface area contributed by atoms with E-state index in [-0.39, 0.29) is 55.8 Å². The summed E-state index contributed by atoms with van der Waals surface area (Å²) in [4.78, 5) is 39.5. The van der Waals surface area contributed by atoms with E-state index in [2.05, 4.69) is 31.8 Å². The summed E-state index contributed by atoms with van der Waals surface area (Å²) < 4.78 is 107. The van der Waals surface area contributed by atoms with E-state index in [1.165, 1.54) is 24.3 Å². The zero-order valence-electron chi connectivity index (χ0n) is 40.2. The summed E-state index contributed by atoms with van der Waals surface area (Å²) in [6, 6.07) is 14.3. The molecule has 0 saturated carbocycles. The Morgan fingerprint density at radius 2 is 1.07 bits per heavy atom. The van der Waals surface area contributed by atoms with Crippen LogP contribution in [-0.4, -0.2) is 120 Å². The molecule has 2 amide bonds. The number of hydrogen-bond acceptors (Lipinski definition) is 12. The van der Waals surface area contributed by atoms with E-state index in [0.717, 1.165) is 100 Å². The maximum absolute atomic E-state index is 15.2. The first kappa shape index (κ1) is 51.8. The summed E-state index contributed by atoms with van der Waals surface area (Å²) >= 11 is 0. The first-order chi connectivity index (χ1) is 33.0. The molecule has 8 rings (SSSR count). The molecule has 0 radical (unpaired) electrons. The average molecular weight is 1030 g/mol. The maximum atomic E-state index is 15.2. The van der Waals surface area contributed by atoms with Crippen molar-refractivity contribution < 1.29 is 43.6 Å². The molecule has 2 aliphatic rings. The van der Waals surface area contributed by atoms with Crippen molar-refractivity contribution in [3.05, 3.63) is 95.1 Å². The van der Waals surface area contributed by atoms with Crippen molar-refractivity contribution in [3.63, 3.8) is 0 Å². The molecule has 0 spiro atoms. The third kappa shape index (κ3) is 11.6. The molecular formula is C47H58F2N10O8S3. The molecule has 6 heterocycles. The van der Waals surface area contributed by atoms with Crippen molar-refractivity contribution in [1.82, 2.24) is 39.0 Å². The molecule has 6 aromatic rings. The molecule has 2 saturated heterocycles. The Morgan fingerprint density at radius 1 is 0.629 bits per heavy atom. The normalized spacial score (nSPS) is 17.2. The number of rotatable bonds is 11. The SMILES string of the molecule is CCc1cc(C(=O)N2CCCCCC2C)nc2cc(-c3ccc(N(S(C)(=O)=O)S(C)(=O)=O)cc3F)nn12.CCc1cc(C(=O)N2CCCCCC2C)nc2cc(-c3ccc(NS(C)(=O)=O)cc3F)nn12. The lowest BCUT2D eigenvalue weighted by molar-refractivity contribution is 0.0684. The lowest BCUT2D eigenvalue weighted by Gasteiger charge is -2.27. The van der Waals surface area contributed by atoms with Gasteiger partial charge >= 0.3 is 0 Å². The number of benzene rings is 2. The summed E-state index contributed by atoms with van der Waals surface area (Å²) in [6.07, 6.45) is 11.9. The van der Waals surface area contributed by atoms with Gasteiger partial charge in [0.15, 0.2) is 11.3 Å². The number of anilines is 2. The zero-order valence-corrected chi connectivity index (χ0v) is 42.6. The second-order valence-electron chi connectivity index (χ2n) is 17.9. The summed E-state index contributed by atoms with van der Waals surface area (Å²) in [5.74, 6) is -1.70. The molecule has 2 atom stereocenters. The Morgan fingerprint density at radius 3 is 1.47 bits per heavy atom. The van der Waals surface area contributed by atoms with Crippen LogP contribution in [0, 0.1) is 11.6 Å². The third-order valence-electron chi connectivity index (χ3n) is 12.4. The molecule has 18 nitrogen and oxygen atoms in total. The molecule has 23 heteroatoms. The van der Waals surface area contributed by atoms with Crippen molar-refractivity contribution in [2.75, 3.05) is 40.3 Å². The Balaban J connectivity index is 0.000000208. The van der Waals surface area contributed by atoms with E-state index in [1.54, 1.807) is 33.3 Å². The standard InChI is InChI=1S/C24H30FN5O5S2.C23H28FN5O3S/c1-5-17-14-22(24(31)28-12-8-6-7-9-16(28)2)26-23-15-21(27-29(17)23)19-11-10-18(13-20(19)25)30(36(3,32)33)37(4,34)35;1-4-17-13-21(23(30)28-11-7-5-6-8-15(28)2)25-22-14-20(26-29(17)22)18-10-9-16(12-19(18)24)27-33(3,31)32/h10-11,13-16H,5-9,12H2,1-4H3;9-10,12-15,27H,4-8,11H2,1-3H3. The van der Waals surface area contributed by atoms with E-state index < -0.39 is 41.7 Å². The molecule has 2 aromatic carbocycles. The maximum Gasteiger partial charge on any atom is 0.272 e. The van der Waals surface area contributed by atoms with E-state index in [4.69, 9.17) is 0 Å². The van der Waals surface area contributed by atoms with Crippen LogP contribution in [0.1, 0.15) is 111 Å². The van der Waals surface area contributed by atoms with Crippen LogP contribution in [0.4, 0.5) is 20.2 Å². The number of aromatic nitrogens is 6. The minimum Gasteiger partial charge on any atom is -0.335 e. The van der Waals surface area contributed by atoms with Gasteiger partial charge in [-0.3, -0.25) is 14.3 Å². The number of nitrogens with one attached hydrogen (secondary N) is 1. The van der Waals surface area contributed by atoms with Crippen LogP contribution in [0.25, 0.3) is 33.8 Å². The topological polar surface area (TPSA) is 219 Å². The van der Waals surface area contributed by atoms with Crippen LogP contribution in [0.3, 0.4) is 0 Å². The van der Waals surface area contributed by atoms with Crippen molar-refractivity contribution >= 4 is 64.6 Å². The van der Waals surface area contributed by atoms with E-state index in [9.17, 15) is 39.2 Å². The molecule has 4 aromatic heterocycles. The number of carbonyl (C=O) groups excluding carboxylic acids is 2. The van der Waals surface area contributed by atoms with E-state index in [0.29, 0.717) is 47.8 Å². The van der Waals surface area contributed by atoms with Gasteiger partial charge < -0.3 is 9.80 Å². The minimum absolute atomic E-state index is 0.0345. The first-order valence-electron chi connectivity index (χ1n) is 23.2. The van der Waals surface area contributed by atoms with Gasteiger partial charge in [-0.2, -0.15) is 13.9 Å².